The number of pyridine rings is 1. The minimum atomic E-state index is -0.0969. The van der Waals surface area contributed by atoms with Gasteiger partial charge in [0.1, 0.15) is 12.4 Å². The van der Waals surface area contributed by atoms with Gasteiger partial charge in [0.2, 0.25) is 5.88 Å². The molecule has 0 saturated heterocycles. The number of nitrogens with two attached hydrogens (primary N) is 1. The smallest absolute Gasteiger partial charge is 0.218 e. The number of hydrogen-bond acceptors (Lipinski definition) is 4. The van der Waals surface area contributed by atoms with Crippen LogP contribution in [0.25, 0.3) is 0 Å². The average molecular weight is 218 g/mol. The lowest BCUT2D eigenvalue weighted by Gasteiger charge is -2.11. The van der Waals surface area contributed by atoms with Gasteiger partial charge in [-0.3, -0.25) is 0 Å². The summed E-state index contributed by atoms with van der Waals surface area (Å²) in [6, 6.07) is 7.34. The summed E-state index contributed by atoms with van der Waals surface area (Å²) in [6.07, 6.45) is 3.30. The highest BCUT2D eigenvalue weighted by atomic mass is 16.5. The second kappa shape index (κ2) is 4.81. The van der Waals surface area contributed by atoms with Crippen molar-refractivity contribution in [3.8, 4) is 5.88 Å². The molecule has 0 bridgehead atoms. The van der Waals surface area contributed by atoms with E-state index in [0.29, 0.717) is 12.5 Å². The number of ether oxygens (including phenoxy) is 1. The highest BCUT2D eigenvalue weighted by molar-refractivity contribution is 5.28. The predicted octanol–water partition coefficient (Wildman–Crippen LogP) is 2.27. The van der Waals surface area contributed by atoms with E-state index in [9.17, 15) is 0 Å². The molecule has 0 aliphatic rings. The van der Waals surface area contributed by atoms with Gasteiger partial charge in [-0.05, 0) is 25.1 Å². The summed E-state index contributed by atoms with van der Waals surface area (Å²) < 4.78 is 10.7. The van der Waals surface area contributed by atoms with Gasteiger partial charge >= 0.3 is 0 Å². The van der Waals surface area contributed by atoms with E-state index in [4.69, 9.17) is 14.9 Å². The maximum Gasteiger partial charge on any atom is 0.218 e. The Labute approximate surface area is 94.1 Å². The fourth-order valence-corrected chi connectivity index (χ4v) is 1.40. The first-order valence-corrected chi connectivity index (χ1v) is 5.13. The van der Waals surface area contributed by atoms with E-state index in [1.165, 1.54) is 0 Å². The molecular weight excluding hydrogens is 204 g/mol. The molecule has 0 spiro atoms. The second-order valence-corrected chi connectivity index (χ2v) is 3.55. The van der Waals surface area contributed by atoms with E-state index in [1.807, 2.05) is 31.2 Å². The van der Waals surface area contributed by atoms with Crippen LogP contribution in [0.15, 0.2) is 41.1 Å². The largest absolute Gasteiger partial charge is 0.469 e. The van der Waals surface area contributed by atoms with E-state index in [2.05, 4.69) is 4.98 Å². The van der Waals surface area contributed by atoms with Crippen LogP contribution < -0.4 is 10.5 Å². The first kappa shape index (κ1) is 10.7. The molecule has 16 heavy (non-hydrogen) atoms. The molecule has 0 fully saturated rings. The zero-order chi connectivity index (χ0) is 11.4. The molecule has 0 amide bonds. The first-order chi connectivity index (χ1) is 7.77. The third-order valence-electron chi connectivity index (χ3n) is 2.22. The third-order valence-corrected chi connectivity index (χ3v) is 2.22. The molecule has 4 heteroatoms. The van der Waals surface area contributed by atoms with Crippen LogP contribution in [-0.4, -0.2) is 4.98 Å². The Morgan fingerprint density at radius 2 is 2.31 bits per heavy atom. The molecule has 2 aromatic heterocycles. The molecule has 0 aromatic carbocycles. The summed E-state index contributed by atoms with van der Waals surface area (Å²) >= 11 is 0. The van der Waals surface area contributed by atoms with Gasteiger partial charge in [0.25, 0.3) is 0 Å². The second-order valence-electron chi connectivity index (χ2n) is 3.55. The van der Waals surface area contributed by atoms with Crippen molar-refractivity contribution in [1.29, 1.82) is 0 Å². The first-order valence-electron chi connectivity index (χ1n) is 5.13. The molecule has 1 atom stereocenters. The van der Waals surface area contributed by atoms with Crippen molar-refractivity contribution in [2.24, 2.45) is 5.73 Å². The lowest BCUT2D eigenvalue weighted by Crippen LogP contribution is -2.08. The van der Waals surface area contributed by atoms with Gasteiger partial charge in [-0.25, -0.2) is 4.98 Å². The van der Waals surface area contributed by atoms with Gasteiger partial charge in [0.05, 0.1) is 6.26 Å². The number of furan rings is 1. The Balaban J connectivity index is 2.09. The van der Waals surface area contributed by atoms with Crippen LogP contribution in [0, 0.1) is 0 Å². The fourth-order valence-electron chi connectivity index (χ4n) is 1.40. The van der Waals surface area contributed by atoms with Gasteiger partial charge < -0.3 is 14.9 Å². The summed E-state index contributed by atoms with van der Waals surface area (Å²) in [4.78, 5) is 4.16. The molecule has 0 aliphatic heterocycles. The summed E-state index contributed by atoms with van der Waals surface area (Å²) in [6.45, 7) is 2.26. The molecule has 2 N–H and O–H groups in total. The predicted molar refractivity (Wildman–Crippen MR) is 59.9 cm³/mol. The van der Waals surface area contributed by atoms with E-state index < -0.39 is 0 Å². The number of hydrogen-bond donors (Lipinski definition) is 1. The van der Waals surface area contributed by atoms with Gasteiger partial charge in [0.15, 0.2) is 0 Å². The Hall–Kier alpha value is -1.81. The maximum absolute atomic E-state index is 5.82. The van der Waals surface area contributed by atoms with Gasteiger partial charge in [0, 0.05) is 17.8 Å². The zero-order valence-electron chi connectivity index (χ0n) is 9.09. The topological polar surface area (TPSA) is 61.3 Å². The van der Waals surface area contributed by atoms with Crippen LogP contribution in [0.3, 0.4) is 0 Å². The van der Waals surface area contributed by atoms with Crippen LogP contribution in [-0.2, 0) is 6.61 Å². The van der Waals surface area contributed by atoms with Crippen molar-refractivity contribution in [3.05, 3.63) is 48.0 Å². The van der Waals surface area contributed by atoms with Crippen molar-refractivity contribution < 1.29 is 9.15 Å². The SMILES string of the molecule is C[C@H](N)c1cccnc1OCc1ccco1. The van der Waals surface area contributed by atoms with Crippen molar-refractivity contribution in [2.45, 2.75) is 19.6 Å². The average Bonchev–Trinajstić information content (AvgIpc) is 2.79. The van der Waals surface area contributed by atoms with Crippen LogP contribution in [0.1, 0.15) is 24.3 Å². The number of rotatable bonds is 4. The minimum Gasteiger partial charge on any atom is -0.469 e. The van der Waals surface area contributed by atoms with E-state index in [0.717, 1.165) is 11.3 Å². The highest BCUT2D eigenvalue weighted by Gasteiger charge is 2.09. The molecule has 0 unspecified atom stereocenters. The fraction of sp³-hybridized carbons (Fsp3) is 0.250. The zero-order valence-corrected chi connectivity index (χ0v) is 9.09. The number of nitrogens with zero attached hydrogens (tertiary/aromatic N) is 1. The van der Waals surface area contributed by atoms with Crippen molar-refractivity contribution in [1.82, 2.24) is 4.98 Å². The Morgan fingerprint density at radius 3 is 3.00 bits per heavy atom. The van der Waals surface area contributed by atoms with Crippen LogP contribution in [0.4, 0.5) is 0 Å². The molecule has 0 radical (unpaired) electrons. The van der Waals surface area contributed by atoms with Gasteiger partial charge in [-0.15, -0.1) is 0 Å². The lowest BCUT2D eigenvalue weighted by molar-refractivity contribution is 0.257. The quantitative estimate of drug-likeness (QED) is 0.855. The van der Waals surface area contributed by atoms with E-state index in [1.54, 1.807) is 12.5 Å². The number of aromatic nitrogens is 1. The molecule has 0 saturated carbocycles. The molecule has 2 aromatic rings. The van der Waals surface area contributed by atoms with E-state index >= 15 is 0 Å². The molecular formula is C12H14N2O2. The molecule has 2 heterocycles. The Kier molecular flexibility index (Phi) is 3.22. The summed E-state index contributed by atoms with van der Waals surface area (Å²) in [5.41, 5.74) is 6.72. The summed E-state index contributed by atoms with van der Waals surface area (Å²) in [5, 5.41) is 0. The van der Waals surface area contributed by atoms with Crippen LogP contribution in [0.2, 0.25) is 0 Å². The molecule has 84 valence electrons. The third kappa shape index (κ3) is 2.41. The molecule has 2 rings (SSSR count). The van der Waals surface area contributed by atoms with Gasteiger partial charge in [-0.2, -0.15) is 0 Å². The monoisotopic (exact) mass is 218 g/mol. The Bertz CT molecular complexity index is 438. The van der Waals surface area contributed by atoms with Crippen LogP contribution >= 0.6 is 0 Å². The minimum absolute atomic E-state index is 0.0969. The standard InChI is InChI=1S/C12H14N2O2/c1-9(13)11-5-2-6-14-12(11)16-8-10-4-3-7-15-10/h2-7,9H,8,13H2,1H3/t9-/m0/s1. The molecule has 4 nitrogen and oxygen atoms in total. The van der Waals surface area contributed by atoms with Crippen LogP contribution in [0.5, 0.6) is 5.88 Å². The highest BCUT2D eigenvalue weighted by Crippen LogP contribution is 2.21. The normalized spacial score (nSPS) is 12.4. The van der Waals surface area contributed by atoms with Crippen molar-refractivity contribution in [2.75, 3.05) is 0 Å². The van der Waals surface area contributed by atoms with Gasteiger partial charge in [-0.1, -0.05) is 6.07 Å². The lowest BCUT2D eigenvalue weighted by atomic mass is 10.1. The molecule has 0 aliphatic carbocycles. The Morgan fingerprint density at radius 1 is 1.44 bits per heavy atom. The van der Waals surface area contributed by atoms with Crippen molar-refractivity contribution >= 4 is 0 Å². The summed E-state index contributed by atoms with van der Waals surface area (Å²) in [7, 11) is 0. The van der Waals surface area contributed by atoms with Crippen molar-refractivity contribution in [3.63, 3.8) is 0 Å². The summed E-state index contributed by atoms with van der Waals surface area (Å²) in [5.74, 6) is 1.33. The van der Waals surface area contributed by atoms with E-state index in [-0.39, 0.29) is 6.04 Å². The maximum atomic E-state index is 5.82.